The van der Waals surface area contributed by atoms with Gasteiger partial charge >= 0.3 is 0 Å². The summed E-state index contributed by atoms with van der Waals surface area (Å²) in [7, 11) is 1.64. The molecule has 5 heteroatoms. The highest BCUT2D eigenvalue weighted by atomic mass is 16.5. The van der Waals surface area contributed by atoms with Crippen LogP contribution in [0.2, 0.25) is 0 Å². The Kier molecular flexibility index (Phi) is 3.48. The SMILES string of the molecule is CCn1c(C)nc2ccc(Oc3ccc(OC)cc3)nc21. The Morgan fingerprint density at radius 3 is 2.38 bits per heavy atom. The van der Waals surface area contributed by atoms with Gasteiger partial charge in [0.2, 0.25) is 5.88 Å². The molecule has 0 fully saturated rings. The summed E-state index contributed by atoms with van der Waals surface area (Å²) < 4.78 is 13.0. The molecule has 1 aromatic carbocycles. The predicted octanol–water partition coefficient (Wildman–Crippen LogP) is 3.56. The number of methoxy groups -OCH3 is 1. The molecule has 0 amide bonds. The minimum atomic E-state index is 0.558. The van der Waals surface area contributed by atoms with E-state index in [1.165, 1.54) is 0 Å². The number of nitrogens with zero attached hydrogens (tertiary/aromatic N) is 3. The van der Waals surface area contributed by atoms with E-state index in [0.29, 0.717) is 5.88 Å². The van der Waals surface area contributed by atoms with Crippen LogP contribution in [0.15, 0.2) is 36.4 Å². The molecule has 0 unspecified atom stereocenters. The fourth-order valence-electron chi connectivity index (χ4n) is 2.30. The Morgan fingerprint density at radius 2 is 1.71 bits per heavy atom. The molecular weight excluding hydrogens is 266 g/mol. The lowest BCUT2D eigenvalue weighted by Gasteiger charge is -2.06. The molecule has 3 rings (SSSR count). The molecule has 2 heterocycles. The number of aromatic nitrogens is 3. The number of benzene rings is 1. The van der Waals surface area contributed by atoms with Crippen LogP contribution in [-0.2, 0) is 6.54 Å². The van der Waals surface area contributed by atoms with E-state index in [4.69, 9.17) is 9.47 Å². The Balaban J connectivity index is 1.92. The number of ether oxygens (including phenoxy) is 2. The van der Waals surface area contributed by atoms with Crippen molar-refractivity contribution < 1.29 is 9.47 Å². The molecule has 0 atom stereocenters. The van der Waals surface area contributed by atoms with Crippen LogP contribution in [0.25, 0.3) is 11.2 Å². The van der Waals surface area contributed by atoms with E-state index in [2.05, 4.69) is 21.5 Å². The lowest BCUT2D eigenvalue weighted by atomic mass is 10.3. The number of hydrogen-bond acceptors (Lipinski definition) is 4. The molecule has 0 aliphatic heterocycles. The van der Waals surface area contributed by atoms with Gasteiger partial charge < -0.3 is 14.0 Å². The van der Waals surface area contributed by atoms with Gasteiger partial charge in [-0.15, -0.1) is 0 Å². The summed E-state index contributed by atoms with van der Waals surface area (Å²) in [5.41, 5.74) is 1.73. The van der Waals surface area contributed by atoms with Crippen molar-refractivity contribution in [2.75, 3.05) is 7.11 Å². The minimum absolute atomic E-state index is 0.558. The second-order valence-corrected chi connectivity index (χ2v) is 4.67. The maximum atomic E-state index is 5.79. The van der Waals surface area contributed by atoms with Crippen molar-refractivity contribution in [1.82, 2.24) is 14.5 Å². The van der Waals surface area contributed by atoms with Crippen LogP contribution >= 0.6 is 0 Å². The largest absolute Gasteiger partial charge is 0.497 e. The quantitative estimate of drug-likeness (QED) is 0.734. The standard InChI is InChI=1S/C16H17N3O2/c1-4-19-11(2)17-14-9-10-15(18-16(14)19)21-13-7-5-12(20-3)6-8-13/h5-10H,4H2,1-3H3. The molecular formula is C16H17N3O2. The van der Waals surface area contributed by atoms with E-state index in [0.717, 1.165) is 35.0 Å². The van der Waals surface area contributed by atoms with Gasteiger partial charge in [0.1, 0.15) is 22.8 Å². The maximum Gasteiger partial charge on any atom is 0.221 e. The normalized spacial score (nSPS) is 10.8. The highest BCUT2D eigenvalue weighted by molar-refractivity contribution is 5.72. The van der Waals surface area contributed by atoms with Crippen LogP contribution in [0, 0.1) is 6.92 Å². The van der Waals surface area contributed by atoms with Gasteiger partial charge in [-0.25, -0.2) is 4.98 Å². The molecule has 0 spiro atoms. The lowest BCUT2D eigenvalue weighted by Crippen LogP contribution is -1.98. The summed E-state index contributed by atoms with van der Waals surface area (Å²) in [5, 5.41) is 0. The highest BCUT2D eigenvalue weighted by Gasteiger charge is 2.09. The van der Waals surface area contributed by atoms with Gasteiger partial charge in [0.05, 0.1) is 7.11 Å². The van der Waals surface area contributed by atoms with Crippen molar-refractivity contribution in [3.8, 4) is 17.4 Å². The van der Waals surface area contributed by atoms with Crippen molar-refractivity contribution in [1.29, 1.82) is 0 Å². The van der Waals surface area contributed by atoms with E-state index in [9.17, 15) is 0 Å². The van der Waals surface area contributed by atoms with Crippen LogP contribution in [-0.4, -0.2) is 21.6 Å². The predicted molar refractivity (Wildman–Crippen MR) is 81.0 cm³/mol. The summed E-state index contributed by atoms with van der Waals surface area (Å²) in [6.07, 6.45) is 0. The molecule has 0 radical (unpaired) electrons. The van der Waals surface area contributed by atoms with Gasteiger partial charge in [-0.3, -0.25) is 0 Å². The summed E-state index contributed by atoms with van der Waals surface area (Å²) in [4.78, 5) is 9.03. The molecule has 0 aliphatic carbocycles. The van der Waals surface area contributed by atoms with Crippen molar-refractivity contribution in [3.05, 3.63) is 42.2 Å². The first-order valence-electron chi connectivity index (χ1n) is 6.87. The van der Waals surface area contributed by atoms with E-state index in [1.807, 2.05) is 43.3 Å². The molecule has 5 nitrogen and oxygen atoms in total. The number of hydrogen-bond donors (Lipinski definition) is 0. The van der Waals surface area contributed by atoms with E-state index < -0.39 is 0 Å². The third-order valence-corrected chi connectivity index (χ3v) is 3.36. The van der Waals surface area contributed by atoms with Crippen LogP contribution in [0.1, 0.15) is 12.7 Å². The summed E-state index contributed by atoms with van der Waals surface area (Å²) >= 11 is 0. The average molecular weight is 283 g/mol. The Morgan fingerprint density at radius 1 is 1.00 bits per heavy atom. The Bertz CT molecular complexity index is 763. The number of rotatable bonds is 4. The van der Waals surface area contributed by atoms with E-state index >= 15 is 0 Å². The molecule has 2 aromatic heterocycles. The van der Waals surface area contributed by atoms with Crippen LogP contribution in [0.4, 0.5) is 0 Å². The number of pyridine rings is 1. The van der Waals surface area contributed by atoms with Gasteiger partial charge in [-0.05, 0) is 44.2 Å². The third-order valence-electron chi connectivity index (χ3n) is 3.36. The second-order valence-electron chi connectivity index (χ2n) is 4.67. The first kappa shape index (κ1) is 13.4. The molecule has 0 aliphatic rings. The second kappa shape index (κ2) is 5.44. The molecule has 21 heavy (non-hydrogen) atoms. The molecule has 0 bridgehead atoms. The summed E-state index contributed by atoms with van der Waals surface area (Å²) in [6.45, 7) is 4.89. The van der Waals surface area contributed by atoms with Gasteiger partial charge in [0.15, 0.2) is 5.65 Å². The van der Waals surface area contributed by atoms with Gasteiger partial charge in [-0.1, -0.05) is 0 Å². The third kappa shape index (κ3) is 2.54. The highest BCUT2D eigenvalue weighted by Crippen LogP contribution is 2.24. The van der Waals surface area contributed by atoms with Crippen LogP contribution in [0.3, 0.4) is 0 Å². The van der Waals surface area contributed by atoms with Crippen molar-refractivity contribution >= 4 is 11.2 Å². The van der Waals surface area contributed by atoms with Crippen LogP contribution < -0.4 is 9.47 Å². The van der Waals surface area contributed by atoms with E-state index in [-0.39, 0.29) is 0 Å². The molecule has 0 saturated carbocycles. The molecule has 0 N–H and O–H groups in total. The maximum absolute atomic E-state index is 5.79. The van der Waals surface area contributed by atoms with Crippen LogP contribution in [0.5, 0.6) is 17.4 Å². The first-order valence-corrected chi connectivity index (χ1v) is 6.87. The topological polar surface area (TPSA) is 49.2 Å². The molecule has 3 aromatic rings. The fraction of sp³-hybridized carbons (Fsp3) is 0.250. The van der Waals surface area contributed by atoms with Crippen molar-refractivity contribution in [2.45, 2.75) is 20.4 Å². The Labute approximate surface area is 123 Å². The average Bonchev–Trinajstić information content (AvgIpc) is 2.82. The Hall–Kier alpha value is -2.56. The monoisotopic (exact) mass is 283 g/mol. The van der Waals surface area contributed by atoms with Gasteiger partial charge in [0, 0.05) is 12.6 Å². The fourth-order valence-corrected chi connectivity index (χ4v) is 2.30. The molecule has 0 saturated heterocycles. The number of fused-ring (bicyclic) bond motifs is 1. The molecule has 108 valence electrons. The zero-order valence-electron chi connectivity index (χ0n) is 12.3. The minimum Gasteiger partial charge on any atom is -0.497 e. The van der Waals surface area contributed by atoms with Gasteiger partial charge in [-0.2, -0.15) is 4.98 Å². The first-order chi connectivity index (χ1) is 10.2. The van der Waals surface area contributed by atoms with Crippen molar-refractivity contribution in [2.24, 2.45) is 0 Å². The summed E-state index contributed by atoms with van der Waals surface area (Å²) in [6, 6.07) is 11.2. The lowest BCUT2D eigenvalue weighted by molar-refractivity contribution is 0.412. The summed E-state index contributed by atoms with van der Waals surface area (Å²) in [5.74, 6) is 3.04. The smallest absolute Gasteiger partial charge is 0.221 e. The zero-order valence-corrected chi connectivity index (χ0v) is 12.3. The number of aryl methyl sites for hydroxylation is 2. The number of imidazole rings is 1. The zero-order chi connectivity index (χ0) is 14.8. The van der Waals surface area contributed by atoms with E-state index in [1.54, 1.807) is 7.11 Å². The van der Waals surface area contributed by atoms with Crippen molar-refractivity contribution in [3.63, 3.8) is 0 Å². The van der Waals surface area contributed by atoms with Gasteiger partial charge in [0.25, 0.3) is 0 Å².